The van der Waals surface area contributed by atoms with Gasteiger partial charge in [0.15, 0.2) is 0 Å². The lowest BCUT2D eigenvalue weighted by atomic mass is 10.2. The predicted molar refractivity (Wildman–Crippen MR) is 51.7 cm³/mol. The largest absolute Gasteiger partial charge is 0.264 e. The average molecular weight is 212 g/mol. The Labute approximate surface area is 75.3 Å². The highest BCUT2D eigenvalue weighted by Crippen LogP contribution is 2.00. The van der Waals surface area contributed by atoms with Gasteiger partial charge in [0.2, 0.25) is 0 Å². The van der Waals surface area contributed by atoms with E-state index in [0.29, 0.717) is 0 Å². The molecule has 0 saturated carbocycles. The monoisotopic (exact) mass is 211 g/mol. The molecule has 1 rings (SSSR count). The lowest BCUT2D eigenvalue weighted by Crippen LogP contribution is -1.73. The number of hydrogen-bond donors (Lipinski definition) is 0. The van der Waals surface area contributed by atoms with Crippen LogP contribution in [0.5, 0.6) is 0 Å². The SMILES string of the molecule is BrCCC=Cc1cccnc1. The van der Waals surface area contributed by atoms with E-state index < -0.39 is 0 Å². The molecule has 0 N–H and O–H groups in total. The maximum Gasteiger partial charge on any atom is 0.0340 e. The Kier molecular flexibility index (Phi) is 3.91. The molecule has 0 aliphatic rings. The first-order valence-electron chi connectivity index (χ1n) is 3.56. The van der Waals surface area contributed by atoms with Gasteiger partial charge in [-0.3, -0.25) is 4.98 Å². The van der Waals surface area contributed by atoms with Gasteiger partial charge in [-0.2, -0.15) is 0 Å². The Morgan fingerprint density at radius 1 is 1.55 bits per heavy atom. The maximum atomic E-state index is 4.00. The third kappa shape index (κ3) is 3.33. The first-order chi connectivity index (χ1) is 5.43. The average Bonchev–Trinajstić information content (AvgIpc) is 2.07. The minimum Gasteiger partial charge on any atom is -0.264 e. The zero-order chi connectivity index (χ0) is 7.94. The highest BCUT2D eigenvalue weighted by molar-refractivity contribution is 9.09. The Morgan fingerprint density at radius 3 is 3.09 bits per heavy atom. The molecule has 0 bridgehead atoms. The third-order valence-electron chi connectivity index (χ3n) is 1.27. The molecular formula is C9H10BrN. The second-order valence-corrected chi connectivity index (χ2v) is 2.96. The van der Waals surface area contributed by atoms with Gasteiger partial charge >= 0.3 is 0 Å². The number of hydrogen-bond acceptors (Lipinski definition) is 1. The molecule has 58 valence electrons. The Bertz CT molecular complexity index is 218. The lowest BCUT2D eigenvalue weighted by molar-refractivity contribution is 1.26. The summed E-state index contributed by atoms with van der Waals surface area (Å²) in [5.41, 5.74) is 1.16. The van der Waals surface area contributed by atoms with Crippen molar-refractivity contribution in [2.45, 2.75) is 6.42 Å². The molecule has 0 aromatic carbocycles. The van der Waals surface area contributed by atoms with E-state index in [0.717, 1.165) is 17.3 Å². The van der Waals surface area contributed by atoms with E-state index in [9.17, 15) is 0 Å². The van der Waals surface area contributed by atoms with Crippen LogP contribution in [-0.4, -0.2) is 10.3 Å². The van der Waals surface area contributed by atoms with Gasteiger partial charge < -0.3 is 0 Å². The summed E-state index contributed by atoms with van der Waals surface area (Å²) in [6, 6.07) is 3.98. The van der Waals surface area contributed by atoms with Gasteiger partial charge in [0.1, 0.15) is 0 Å². The van der Waals surface area contributed by atoms with Crippen molar-refractivity contribution in [2.75, 3.05) is 5.33 Å². The standard InChI is InChI=1S/C9H10BrN/c10-6-2-1-4-9-5-3-7-11-8-9/h1,3-5,7-8H,2,6H2. The van der Waals surface area contributed by atoms with E-state index in [1.165, 1.54) is 0 Å². The molecule has 0 radical (unpaired) electrons. The molecule has 0 spiro atoms. The van der Waals surface area contributed by atoms with Gasteiger partial charge in [0, 0.05) is 17.7 Å². The first kappa shape index (κ1) is 8.47. The Hall–Kier alpha value is -0.630. The van der Waals surface area contributed by atoms with Crippen molar-refractivity contribution < 1.29 is 0 Å². The van der Waals surface area contributed by atoms with E-state index in [2.05, 4.69) is 33.1 Å². The van der Waals surface area contributed by atoms with Crippen molar-refractivity contribution in [1.29, 1.82) is 0 Å². The number of pyridine rings is 1. The van der Waals surface area contributed by atoms with Gasteiger partial charge in [-0.05, 0) is 18.1 Å². The van der Waals surface area contributed by atoms with Crippen LogP contribution in [0.3, 0.4) is 0 Å². The third-order valence-corrected chi connectivity index (χ3v) is 1.73. The number of rotatable bonds is 3. The Morgan fingerprint density at radius 2 is 2.45 bits per heavy atom. The number of alkyl halides is 1. The van der Waals surface area contributed by atoms with Gasteiger partial charge in [-0.15, -0.1) is 0 Å². The highest BCUT2D eigenvalue weighted by atomic mass is 79.9. The van der Waals surface area contributed by atoms with Crippen LogP contribution in [0.25, 0.3) is 6.08 Å². The summed E-state index contributed by atoms with van der Waals surface area (Å²) in [7, 11) is 0. The summed E-state index contributed by atoms with van der Waals surface area (Å²) < 4.78 is 0. The number of allylic oxidation sites excluding steroid dienone is 1. The van der Waals surface area contributed by atoms with E-state index in [4.69, 9.17) is 0 Å². The molecule has 1 nitrogen and oxygen atoms in total. The summed E-state index contributed by atoms with van der Waals surface area (Å²) in [5, 5.41) is 1.02. The van der Waals surface area contributed by atoms with Crippen molar-refractivity contribution in [3.63, 3.8) is 0 Å². The van der Waals surface area contributed by atoms with Crippen molar-refractivity contribution in [3.8, 4) is 0 Å². The van der Waals surface area contributed by atoms with E-state index in [1.807, 2.05) is 18.3 Å². The summed E-state index contributed by atoms with van der Waals surface area (Å²) in [6.07, 6.45) is 8.90. The number of halogens is 1. The summed E-state index contributed by atoms with van der Waals surface area (Å²) in [5.74, 6) is 0. The van der Waals surface area contributed by atoms with Crippen LogP contribution in [0.15, 0.2) is 30.6 Å². The van der Waals surface area contributed by atoms with Crippen LogP contribution in [0.4, 0.5) is 0 Å². The van der Waals surface area contributed by atoms with Crippen LogP contribution in [0.1, 0.15) is 12.0 Å². The molecule has 0 amide bonds. The molecule has 0 saturated heterocycles. The van der Waals surface area contributed by atoms with Crippen LogP contribution < -0.4 is 0 Å². The van der Waals surface area contributed by atoms with Crippen molar-refractivity contribution in [2.24, 2.45) is 0 Å². The molecule has 2 heteroatoms. The number of aromatic nitrogens is 1. The highest BCUT2D eigenvalue weighted by Gasteiger charge is 1.81. The van der Waals surface area contributed by atoms with Gasteiger partial charge in [-0.1, -0.05) is 34.1 Å². The molecule has 0 fully saturated rings. The fraction of sp³-hybridized carbons (Fsp3) is 0.222. The molecule has 1 aromatic heterocycles. The second-order valence-electron chi connectivity index (χ2n) is 2.17. The molecule has 0 aliphatic carbocycles. The molecule has 11 heavy (non-hydrogen) atoms. The van der Waals surface area contributed by atoms with Crippen LogP contribution >= 0.6 is 15.9 Å². The Balaban J connectivity index is 2.50. The maximum absolute atomic E-state index is 4.00. The van der Waals surface area contributed by atoms with Crippen molar-refractivity contribution >= 4 is 22.0 Å². The van der Waals surface area contributed by atoms with Gasteiger partial charge in [0.25, 0.3) is 0 Å². The zero-order valence-corrected chi connectivity index (χ0v) is 7.79. The quantitative estimate of drug-likeness (QED) is 0.702. The molecule has 0 atom stereocenters. The second kappa shape index (κ2) is 5.08. The minimum atomic E-state index is 1.02. The molecule has 1 heterocycles. The summed E-state index contributed by atoms with van der Waals surface area (Å²) in [4.78, 5) is 4.00. The fourth-order valence-electron chi connectivity index (χ4n) is 0.757. The molecule has 1 aromatic rings. The minimum absolute atomic E-state index is 1.02. The van der Waals surface area contributed by atoms with Gasteiger partial charge in [0.05, 0.1) is 0 Å². The number of nitrogens with zero attached hydrogens (tertiary/aromatic N) is 1. The first-order valence-corrected chi connectivity index (χ1v) is 4.68. The summed E-state index contributed by atoms with van der Waals surface area (Å²) in [6.45, 7) is 0. The van der Waals surface area contributed by atoms with Crippen LogP contribution in [0.2, 0.25) is 0 Å². The lowest BCUT2D eigenvalue weighted by Gasteiger charge is -1.88. The van der Waals surface area contributed by atoms with Crippen molar-refractivity contribution in [3.05, 3.63) is 36.2 Å². The molecule has 0 unspecified atom stereocenters. The van der Waals surface area contributed by atoms with E-state index in [-0.39, 0.29) is 0 Å². The van der Waals surface area contributed by atoms with Gasteiger partial charge in [-0.25, -0.2) is 0 Å². The fourth-order valence-corrected chi connectivity index (χ4v) is 1.02. The van der Waals surface area contributed by atoms with E-state index >= 15 is 0 Å². The van der Waals surface area contributed by atoms with Crippen molar-refractivity contribution in [1.82, 2.24) is 4.98 Å². The molecular weight excluding hydrogens is 202 g/mol. The topological polar surface area (TPSA) is 12.9 Å². The zero-order valence-electron chi connectivity index (χ0n) is 6.20. The molecule has 0 aliphatic heterocycles. The van der Waals surface area contributed by atoms with Crippen LogP contribution in [0, 0.1) is 0 Å². The normalized spacial score (nSPS) is 10.6. The van der Waals surface area contributed by atoms with Crippen LogP contribution in [-0.2, 0) is 0 Å². The predicted octanol–water partition coefficient (Wildman–Crippen LogP) is 2.88. The smallest absolute Gasteiger partial charge is 0.0340 e. The summed E-state index contributed by atoms with van der Waals surface area (Å²) >= 11 is 3.36. The van der Waals surface area contributed by atoms with E-state index in [1.54, 1.807) is 6.20 Å².